The van der Waals surface area contributed by atoms with Crippen molar-refractivity contribution in [3.05, 3.63) is 0 Å². The third-order valence-electron chi connectivity index (χ3n) is 7.02. The predicted molar refractivity (Wildman–Crippen MR) is 99.2 cm³/mol. The molecule has 0 aromatic heterocycles. The molecule has 5 aliphatic rings. The van der Waals surface area contributed by atoms with Crippen molar-refractivity contribution in [2.75, 3.05) is 6.61 Å². The van der Waals surface area contributed by atoms with Crippen LogP contribution in [-0.4, -0.2) is 28.3 Å². The Bertz CT molecular complexity index is 654. The maximum atomic E-state index is 12.4. The van der Waals surface area contributed by atoms with Crippen molar-refractivity contribution in [3.63, 3.8) is 0 Å². The zero-order chi connectivity index (χ0) is 18.6. The summed E-state index contributed by atoms with van der Waals surface area (Å²) >= 11 is 3.96. The zero-order valence-corrected chi connectivity index (χ0v) is 16.9. The number of hydrogen-bond acceptors (Lipinski definition) is 4. The van der Waals surface area contributed by atoms with Crippen molar-refractivity contribution in [2.24, 2.45) is 23.2 Å². The molecule has 1 amide bonds. The number of rotatable bonds is 6. The van der Waals surface area contributed by atoms with E-state index in [2.05, 4.69) is 27.3 Å². The molecule has 1 N–H and O–H groups in total. The molecule has 0 spiro atoms. The van der Waals surface area contributed by atoms with E-state index in [0.29, 0.717) is 6.42 Å². The van der Waals surface area contributed by atoms with Crippen molar-refractivity contribution >= 4 is 27.8 Å². The molecule has 0 saturated heterocycles. The molecule has 0 heterocycles. The highest BCUT2D eigenvalue weighted by Gasteiger charge is 2.57. The van der Waals surface area contributed by atoms with E-state index in [4.69, 9.17) is 4.74 Å². The second-order valence-corrected chi connectivity index (χ2v) is 11.3. The Labute approximate surface area is 163 Å². The number of nitriles is 1. The first-order valence-corrected chi connectivity index (χ1v) is 10.6. The van der Waals surface area contributed by atoms with Crippen molar-refractivity contribution < 1.29 is 14.3 Å². The zero-order valence-electron chi connectivity index (χ0n) is 15.4. The molecule has 142 valence electrons. The first kappa shape index (κ1) is 18.3. The van der Waals surface area contributed by atoms with Crippen LogP contribution in [0.25, 0.3) is 0 Å². The van der Waals surface area contributed by atoms with Gasteiger partial charge in [-0.15, -0.1) is 0 Å². The van der Waals surface area contributed by atoms with Crippen molar-refractivity contribution in [2.45, 2.75) is 74.6 Å². The Morgan fingerprint density at radius 3 is 2.46 bits per heavy atom. The van der Waals surface area contributed by atoms with Crippen molar-refractivity contribution in [3.8, 4) is 6.07 Å². The van der Waals surface area contributed by atoms with Crippen LogP contribution < -0.4 is 5.32 Å². The molecule has 5 rings (SSSR count). The van der Waals surface area contributed by atoms with E-state index in [1.54, 1.807) is 6.92 Å². The molecular weight excluding hydrogens is 396 g/mol. The third-order valence-corrected chi connectivity index (χ3v) is 7.95. The first-order chi connectivity index (χ1) is 12.2. The second-order valence-electron chi connectivity index (χ2n) is 9.59. The van der Waals surface area contributed by atoms with E-state index < -0.39 is 5.54 Å². The van der Waals surface area contributed by atoms with Gasteiger partial charge in [-0.2, -0.15) is 5.26 Å². The summed E-state index contributed by atoms with van der Waals surface area (Å²) in [6, 6.07) is 2.19. The van der Waals surface area contributed by atoms with Gasteiger partial charge in [-0.3, -0.25) is 9.59 Å². The van der Waals surface area contributed by atoms with E-state index in [1.165, 1.54) is 19.3 Å². The van der Waals surface area contributed by atoms with Crippen LogP contribution in [0.15, 0.2) is 0 Å². The lowest BCUT2D eigenvalue weighted by atomic mass is 9.49. The molecule has 0 unspecified atom stereocenters. The van der Waals surface area contributed by atoms with E-state index >= 15 is 0 Å². The molecular formula is C20H27BrN2O3. The maximum Gasteiger partial charge on any atom is 0.306 e. The summed E-state index contributed by atoms with van der Waals surface area (Å²) in [5, 5.41) is 12.1. The van der Waals surface area contributed by atoms with Gasteiger partial charge < -0.3 is 10.1 Å². The Morgan fingerprint density at radius 2 is 1.92 bits per heavy atom. The van der Waals surface area contributed by atoms with Crippen LogP contribution in [-0.2, 0) is 14.3 Å². The normalized spacial score (nSPS) is 39.7. The van der Waals surface area contributed by atoms with Gasteiger partial charge in [-0.25, -0.2) is 0 Å². The quantitative estimate of drug-likeness (QED) is 0.524. The lowest BCUT2D eigenvalue weighted by Gasteiger charge is -2.60. The molecule has 26 heavy (non-hydrogen) atoms. The average Bonchev–Trinajstić information content (AvgIpc) is 3.35. The summed E-state index contributed by atoms with van der Waals surface area (Å²) in [4.78, 5) is 24.6. The van der Waals surface area contributed by atoms with Gasteiger partial charge in [0.25, 0.3) is 5.91 Å². The van der Waals surface area contributed by atoms with Crippen molar-refractivity contribution in [1.82, 2.24) is 5.32 Å². The maximum absolute atomic E-state index is 12.4. The fourth-order valence-electron chi connectivity index (χ4n) is 6.25. The minimum atomic E-state index is -0.842. The summed E-state index contributed by atoms with van der Waals surface area (Å²) in [6.45, 7) is 1.46. The summed E-state index contributed by atoms with van der Waals surface area (Å²) in [5.41, 5.74) is -0.790. The molecule has 3 atom stereocenters. The standard InChI is InChI=1S/C20H27BrN2O3/c1-18(12-22,15-2-3-15)23-16(24)10-26-17(25)9-19-5-13-4-14(6-19)8-20(21,7-13)11-19/h13-15H,2-11H2,1H3,(H,23,24)/t13-,14-,18+,19?,20?/m0/s1. The second kappa shape index (κ2) is 6.22. The average molecular weight is 423 g/mol. The van der Waals surface area contributed by atoms with Crippen LogP contribution in [0.4, 0.5) is 0 Å². The Balaban J connectivity index is 1.29. The number of esters is 1. The first-order valence-electron chi connectivity index (χ1n) is 9.80. The minimum absolute atomic E-state index is 0.0519. The number of halogens is 1. The van der Waals surface area contributed by atoms with Gasteiger partial charge in [0.1, 0.15) is 5.54 Å². The highest BCUT2D eigenvalue weighted by Crippen LogP contribution is 2.65. The topological polar surface area (TPSA) is 79.2 Å². The van der Waals surface area contributed by atoms with Crippen LogP contribution in [0, 0.1) is 34.5 Å². The lowest BCUT2D eigenvalue weighted by molar-refractivity contribution is -0.155. The Morgan fingerprint density at radius 1 is 1.27 bits per heavy atom. The molecule has 5 fully saturated rings. The number of carbonyl (C=O) groups is 2. The fraction of sp³-hybridized carbons (Fsp3) is 0.850. The number of amides is 1. The van der Waals surface area contributed by atoms with Crippen molar-refractivity contribution in [1.29, 1.82) is 5.26 Å². The van der Waals surface area contributed by atoms with Gasteiger partial charge in [-0.1, -0.05) is 15.9 Å². The van der Waals surface area contributed by atoms with Gasteiger partial charge in [0.2, 0.25) is 0 Å². The predicted octanol–water partition coefficient (Wildman–Crippen LogP) is 3.46. The van der Waals surface area contributed by atoms with Gasteiger partial charge in [0.15, 0.2) is 6.61 Å². The largest absolute Gasteiger partial charge is 0.456 e. The number of nitrogens with one attached hydrogen (secondary N) is 1. The molecule has 5 nitrogen and oxygen atoms in total. The molecule has 6 heteroatoms. The Kier molecular flexibility index (Phi) is 4.38. The molecule has 0 aromatic rings. The third kappa shape index (κ3) is 3.52. The highest BCUT2D eigenvalue weighted by molar-refractivity contribution is 9.10. The molecule has 4 bridgehead atoms. The lowest BCUT2D eigenvalue weighted by Crippen LogP contribution is -2.53. The van der Waals surface area contributed by atoms with Crippen LogP contribution in [0.1, 0.15) is 64.7 Å². The number of alkyl halides is 1. The van der Waals surface area contributed by atoms with Crippen LogP contribution in [0.2, 0.25) is 0 Å². The smallest absolute Gasteiger partial charge is 0.306 e. The van der Waals surface area contributed by atoms with Gasteiger partial charge >= 0.3 is 5.97 Å². The van der Waals surface area contributed by atoms with E-state index in [-0.39, 0.29) is 34.1 Å². The number of ether oxygens (including phenoxy) is 1. The monoisotopic (exact) mass is 422 g/mol. The number of hydrogen-bond donors (Lipinski definition) is 1. The Hall–Kier alpha value is -1.09. The molecule has 0 aromatic carbocycles. The van der Waals surface area contributed by atoms with Gasteiger partial charge in [0.05, 0.1) is 12.5 Å². The van der Waals surface area contributed by atoms with E-state index in [0.717, 1.165) is 43.9 Å². The van der Waals surface area contributed by atoms with Crippen LogP contribution >= 0.6 is 15.9 Å². The molecule has 5 saturated carbocycles. The molecule has 0 aliphatic heterocycles. The van der Waals surface area contributed by atoms with Gasteiger partial charge in [-0.05, 0) is 81.5 Å². The van der Waals surface area contributed by atoms with E-state index in [1.807, 2.05) is 0 Å². The number of carbonyl (C=O) groups excluding carboxylic acids is 2. The van der Waals surface area contributed by atoms with E-state index in [9.17, 15) is 14.9 Å². The SMILES string of the molecule is C[C@](C#N)(NC(=O)COC(=O)CC12C[C@@H]3C[C@H](CC(Br)(C3)C1)C2)C1CC1. The van der Waals surface area contributed by atoms with Crippen LogP contribution in [0.5, 0.6) is 0 Å². The summed E-state index contributed by atoms with van der Waals surface area (Å²) in [6.07, 6.45) is 9.39. The molecule has 0 radical (unpaired) electrons. The fourth-order valence-corrected chi connectivity index (χ4v) is 7.76. The highest BCUT2D eigenvalue weighted by atomic mass is 79.9. The number of nitrogens with zero attached hydrogens (tertiary/aromatic N) is 1. The summed E-state index contributed by atoms with van der Waals surface area (Å²) in [5.74, 6) is 1.01. The summed E-state index contributed by atoms with van der Waals surface area (Å²) < 4.78 is 5.51. The minimum Gasteiger partial charge on any atom is -0.456 e. The van der Waals surface area contributed by atoms with Gasteiger partial charge in [0, 0.05) is 4.32 Å². The van der Waals surface area contributed by atoms with Crippen LogP contribution in [0.3, 0.4) is 0 Å². The summed E-state index contributed by atoms with van der Waals surface area (Å²) in [7, 11) is 0. The molecule has 5 aliphatic carbocycles.